The summed E-state index contributed by atoms with van der Waals surface area (Å²) in [6.45, 7) is 4.09. The third-order valence-corrected chi connectivity index (χ3v) is 8.41. The lowest BCUT2D eigenvalue weighted by atomic mass is 9.91. The van der Waals surface area contributed by atoms with Crippen LogP contribution >= 0.6 is 11.6 Å². The van der Waals surface area contributed by atoms with Gasteiger partial charge in [-0.1, -0.05) is 43.1 Å². The van der Waals surface area contributed by atoms with Crippen LogP contribution in [0.2, 0.25) is 5.02 Å². The fourth-order valence-corrected chi connectivity index (χ4v) is 5.92. The molecule has 2 atom stereocenters. The largest absolute Gasteiger partial charge is 0.469 e. The molecule has 0 unspecified atom stereocenters. The number of rotatable bonds is 4. The zero-order valence-electron chi connectivity index (χ0n) is 23.9. The summed E-state index contributed by atoms with van der Waals surface area (Å²) >= 11 is 6.06. The third kappa shape index (κ3) is 6.09. The number of fused-ring (bicyclic) bond motifs is 4. The number of esters is 1. The minimum Gasteiger partial charge on any atom is -0.469 e. The molecule has 1 N–H and O–H groups in total. The number of nitrogens with zero attached hydrogens (tertiary/aromatic N) is 2. The topological polar surface area (TPSA) is 88.6 Å². The van der Waals surface area contributed by atoms with E-state index in [-0.39, 0.29) is 41.2 Å². The van der Waals surface area contributed by atoms with Crippen molar-refractivity contribution in [2.45, 2.75) is 52.0 Å². The average molecular weight is 590 g/mol. The Balaban J connectivity index is 1.52. The van der Waals surface area contributed by atoms with Crippen LogP contribution in [0, 0.1) is 18.7 Å². The van der Waals surface area contributed by atoms with Gasteiger partial charge in [-0.15, -0.1) is 0 Å². The van der Waals surface area contributed by atoms with Crippen LogP contribution in [0.1, 0.15) is 61.0 Å². The molecule has 0 saturated carbocycles. The third-order valence-electron chi connectivity index (χ3n) is 8.12. The summed E-state index contributed by atoms with van der Waals surface area (Å²) in [7, 11) is 1.34. The number of pyridine rings is 1. The van der Waals surface area contributed by atoms with E-state index in [0.29, 0.717) is 49.1 Å². The summed E-state index contributed by atoms with van der Waals surface area (Å²) in [5.74, 6) is -1.47. The minimum atomic E-state index is -0.509. The van der Waals surface area contributed by atoms with Gasteiger partial charge in [-0.05, 0) is 72.7 Å². The van der Waals surface area contributed by atoms with Gasteiger partial charge >= 0.3 is 5.97 Å². The number of hydrogen-bond donors (Lipinski definition) is 1. The summed E-state index contributed by atoms with van der Waals surface area (Å²) < 4.78 is 19.8. The molecule has 2 aromatic carbocycles. The number of anilines is 1. The van der Waals surface area contributed by atoms with Gasteiger partial charge in [0.2, 0.25) is 11.8 Å². The predicted molar refractivity (Wildman–Crippen MR) is 160 cm³/mol. The maximum Gasteiger partial charge on any atom is 0.309 e. The zero-order chi connectivity index (χ0) is 30.0. The maximum absolute atomic E-state index is 15.0. The molecule has 0 fully saturated rings. The molecule has 0 spiro atoms. The molecule has 0 radical (unpaired) electrons. The Kier molecular flexibility index (Phi) is 8.73. The lowest BCUT2D eigenvalue weighted by Crippen LogP contribution is -2.38. The van der Waals surface area contributed by atoms with Gasteiger partial charge in [-0.3, -0.25) is 19.4 Å². The smallest absolute Gasteiger partial charge is 0.309 e. The van der Waals surface area contributed by atoms with Crippen molar-refractivity contribution >= 4 is 40.6 Å². The molecule has 2 aliphatic rings. The van der Waals surface area contributed by atoms with E-state index in [9.17, 15) is 18.8 Å². The first-order chi connectivity index (χ1) is 20.2. The SMILES string of the molecule is COC(=O)Cc1ccc2c(c1)NC(=O)[C@H](C)CCC[C@H](N1CCC(c3c(C)ccc(Cl)c3F)=CC1=O)c1cc-2ccn1. The van der Waals surface area contributed by atoms with Crippen LogP contribution in [0.15, 0.2) is 54.7 Å². The van der Waals surface area contributed by atoms with E-state index in [0.717, 1.165) is 27.9 Å². The lowest BCUT2D eigenvalue weighted by Gasteiger charge is -2.35. The number of aryl methyl sites for hydroxylation is 1. The van der Waals surface area contributed by atoms with Crippen LogP contribution in [0.25, 0.3) is 16.7 Å². The van der Waals surface area contributed by atoms with Gasteiger partial charge in [0.1, 0.15) is 5.82 Å². The Morgan fingerprint density at radius 3 is 2.74 bits per heavy atom. The highest BCUT2D eigenvalue weighted by Crippen LogP contribution is 2.37. The number of amides is 2. The molecular formula is C33H33ClFN3O4. The lowest BCUT2D eigenvalue weighted by molar-refractivity contribution is -0.139. The first-order valence-corrected chi connectivity index (χ1v) is 14.5. The van der Waals surface area contributed by atoms with Crippen molar-refractivity contribution < 1.29 is 23.5 Å². The van der Waals surface area contributed by atoms with Crippen molar-refractivity contribution in [2.75, 3.05) is 19.0 Å². The van der Waals surface area contributed by atoms with Gasteiger partial charge in [0.05, 0.1) is 30.3 Å². The van der Waals surface area contributed by atoms with E-state index in [1.807, 2.05) is 38.1 Å². The number of carbonyl (C=O) groups excluding carboxylic acids is 3. The summed E-state index contributed by atoms with van der Waals surface area (Å²) in [6, 6.07) is 12.3. The highest BCUT2D eigenvalue weighted by Gasteiger charge is 2.31. The van der Waals surface area contributed by atoms with Crippen molar-refractivity contribution in [2.24, 2.45) is 5.92 Å². The van der Waals surface area contributed by atoms with Gasteiger partial charge in [-0.2, -0.15) is 0 Å². The molecule has 0 aliphatic carbocycles. The van der Waals surface area contributed by atoms with E-state index in [2.05, 4.69) is 10.3 Å². The number of carbonyl (C=O) groups is 3. The molecule has 5 rings (SSSR count). The molecule has 7 nitrogen and oxygen atoms in total. The molecule has 2 amide bonds. The number of hydrogen-bond acceptors (Lipinski definition) is 5. The summed E-state index contributed by atoms with van der Waals surface area (Å²) in [4.78, 5) is 45.1. The highest BCUT2D eigenvalue weighted by molar-refractivity contribution is 6.31. The molecule has 0 saturated heterocycles. The number of aromatic nitrogens is 1. The summed E-state index contributed by atoms with van der Waals surface area (Å²) in [5, 5.41) is 3.09. The standard InChI is InChI=1S/C33H33ClFN3O4/c1-19-7-10-25(34)32(35)31(19)23-12-14-38(29(39)18-23)28-6-4-5-20(2)33(41)37-26-15-21(16-30(40)42-3)8-9-24(26)22-11-13-36-27(28)17-22/h7-11,13,15,17-18,20,28H,4-6,12,14,16H2,1-3H3,(H,37,41)/t20-,28+/m1/s1. The second-order valence-electron chi connectivity index (χ2n) is 10.9. The Morgan fingerprint density at radius 2 is 1.98 bits per heavy atom. The van der Waals surface area contributed by atoms with Crippen LogP contribution in [0.3, 0.4) is 0 Å². The number of halogens is 2. The van der Waals surface area contributed by atoms with Gasteiger partial charge in [0, 0.05) is 41.5 Å². The fraction of sp³-hybridized carbons (Fsp3) is 0.333. The van der Waals surface area contributed by atoms with Crippen LogP contribution in [0.5, 0.6) is 0 Å². The number of methoxy groups -OCH3 is 1. The molecule has 2 aliphatic heterocycles. The number of nitrogens with one attached hydrogen (secondary N) is 1. The zero-order valence-corrected chi connectivity index (χ0v) is 24.6. The van der Waals surface area contributed by atoms with Gasteiger partial charge in [0.25, 0.3) is 0 Å². The van der Waals surface area contributed by atoms with Gasteiger partial charge in [-0.25, -0.2) is 4.39 Å². The molecule has 218 valence electrons. The highest BCUT2D eigenvalue weighted by atomic mass is 35.5. The molecular weight excluding hydrogens is 557 g/mol. The normalized spacial score (nSPS) is 19.2. The Hall–Kier alpha value is -4.04. The Labute approximate surface area is 249 Å². The van der Waals surface area contributed by atoms with Gasteiger partial charge < -0.3 is 15.0 Å². The number of ether oxygens (including phenoxy) is 1. The van der Waals surface area contributed by atoms with E-state index < -0.39 is 5.82 Å². The average Bonchev–Trinajstić information content (AvgIpc) is 2.97. The second kappa shape index (κ2) is 12.4. The quantitative estimate of drug-likeness (QED) is 0.343. The van der Waals surface area contributed by atoms with Crippen molar-refractivity contribution in [3.8, 4) is 11.1 Å². The van der Waals surface area contributed by atoms with Crippen molar-refractivity contribution in [1.82, 2.24) is 9.88 Å². The van der Waals surface area contributed by atoms with E-state index >= 15 is 0 Å². The van der Waals surface area contributed by atoms with E-state index in [1.165, 1.54) is 19.3 Å². The first-order valence-electron chi connectivity index (χ1n) is 14.1. The minimum absolute atomic E-state index is 0.0302. The number of benzene rings is 2. The molecule has 1 aromatic heterocycles. The second-order valence-corrected chi connectivity index (χ2v) is 11.4. The summed E-state index contributed by atoms with van der Waals surface area (Å²) in [5.41, 5.74) is 5.42. The summed E-state index contributed by atoms with van der Waals surface area (Å²) in [6.07, 6.45) is 5.73. The molecule has 3 aromatic rings. The van der Waals surface area contributed by atoms with Crippen LogP contribution in [-0.2, 0) is 25.5 Å². The van der Waals surface area contributed by atoms with E-state index in [4.69, 9.17) is 16.3 Å². The first kappa shape index (κ1) is 29.5. The Morgan fingerprint density at radius 1 is 1.17 bits per heavy atom. The van der Waals surface area contributed by atoms with E-state index in [1.54, 1.807) is 23.2 Å². The maximum atomic E-state index is 15.0. The van der Waals surface area contributed by atoms with Crippen LogP contribution < -0.4 is 5.32 Å². The molecule has 9 heteroatoms. The van der Waals surface area contributed by atoms with Crippen molar-refractivity contribution in [1.29, 1.82) is 0 Å². The van der Waals surface area contributed by atoms with Crippen molar-refractivity contribution in [3.05, 3.63) is 88.0 Å². The Bertz CT molecular complexity index is 1590. The molecule has 2 bridgehead atoms. The predicted octanol–water partition coefficient (Wildman–Crippen LogP) is 6.68. The fourth-order valence-electron chi connectivity index (χ4n) is 5.76. The van der Waals surface area contributed by atoms with Crippen LogP contribution in [0.4, 0.5) is 10.1 Å². The van der Waals surface area contributed by atoms with Gasteiger partial charge in [0.15, 0.2) is 0 Å². The monoisotopic (exact) mass is 589 g/mol. The van der Waals surface area contributed by atoms with Crippen LogP contribution in [-0.4, -0.2) is 41.3 Å². The molecule has 3 heterocycles. The van der Waals surface area contributed by atoms with Crippen molar-refractivity contribution in [3.63, 3.8) is 0 Å². The molecule has 42 heavy (non-hydrogen) atoms.